The zero-order valence-electron chi connectivity index (χ0n) is 10.6. The molecule has 0 aliphatic rings. The zero-order valence-corrected chi connectivity index (χ0v) is 10.6. The van der Waals surface area contributed by atoms with E-state index in [-0.39, 0.29) is 5.75 Å². The Balaban J connectivity index is 1.86. The normalized spacial score (nSPS) is 12.2. The summed E-state index contributed by atoms with van der Waals surface area (Å²) in [5.41, 5.74) is 0.595. The molecule has 0 spiro atoms. The van der Waals surface area contributed by atoms with Crippen molar-refractivity contribution in [1.29, 1.82) is 0 Å². The summed E-state index contributed by atoms with van der Waals surface area (Å²) in [7, 11) is 1.42. The number of aliphatic hydroxyl groups excluding tert-OH is 1. The van der Waals surface area contributed by atoms with E-state index in [0.717, 1.165) is 0 Å². The molecule has 1 unspecified atom stereocenters. The highest BCUT2D eigenvalue weighted by molar-refractivity contribution is 5.47. The number of benzene rings is 1. The maximum atomic E-state index is 13.4. The van der Waals surface area contributed by atoms with E-state index in [2.05, 4.69) is 10.4 Å². The second-order valence-corrected chi connectivity index (χ2v) is 4.11. The lowest BCUT2D eigenvalue weighted by atomic mass is 10.2. The lowest BCUT2D eigenvalue weighted by Crippen LogP contribution is -2.25. The quantitative estimate of drug-likeness (QED) is 0.831. The molecule has 2 rings (SSSR count). The predicted molar refractivity (Wildman–Crippen MR) is 69.7 cm³/mol. The van der Waals surface area contributed by atoms with Crippen LogP contribution in [-0.2, 0) is 6.54 Å². The fourth-order valence-electron chi connectivity index (χ4n) is 1.70. The molecule has 0 radical (unpaired) electrons. The first-order valence-corrected chi connectivity index (χ1v) is 5.92. The molecule has 2 N–H and O–H groups in total. The fraction of sp³-hybridized carbons (Fsp3) is 0.308. The lowest BCUT2D eigenvalue weighted by molar-refractivity contribution is 0.161. The standard InChI is InChI=1S/C13H16FN3O2/c1-19-13-4-3-10(7-12(13)14)15-8-11(18)9-17-6-2-5-16-17/h2-7,11,15,18H,8-9H2,1H3. The summed E-state index contributed by atoms with van der Waals surface area (Å²) in [5.74, 6) is -0.239. The summed E-state index contributed by atoms with van der Waals surface area (Å²) in [6.07, 6.45) is 2.82. The predicted octanol–water partition coefficient (Wildman–Crippen LogP) is 1.50. The first kappa shape index (κ1) is 13.4. The number of ether oxygens (including phenoxy) is 1. The highest BCUT2D eigenvalue weighted by Crippen LogP contribution is 2.20. The summed E-state index contributed by atoms with van der Waals surface area (Å²) in [6.45, 7) is 0.699. The fourth-order valence-corrected chi connectivity index (χ4v) is 1.70. The van der Waals surface area contributed by atoms with E-state index in [4.69, 9.17) is 4.74 Å². The largest absolute Gasteiger partial charge is 0.494 e. The molecule has 0 saturated heterocycles. The molecule has 0 amide bonds. The van der Waals surface area contributed by atoms with Gasteiger partial charge >= 0.3 is 0 Å². The van der Waals surface area contributed by atoms with Gasteiger partial charge in [-0.25, -0.2) is 4.39 Å². The number of aliphatic hydroxyl groups is 1. The molecule has 19 heavy (non-hydrogen) atoms. The van der Waals surface area contributed by atoms with Gasteiger partial charge < -0.3 is 15.2 Å². The summed E-state index contributed by atoms with van der Waals surface area (Å²) in [5, 5.41) is 16.8. The Kier molecular flexibility index (Phi) is 4.35. The molecule has 1 aromatic heterocycles. The molecule has 102 valence electrons. The number of methoxy groups -OCH3 is 1. The number of aromatic nitrogens is 2. The van der Waals surface area contributed by atoms with Crippen LogP contribution >= 0.6 is 0 Å². The minimum absolute atomic E-state index is 0.197. The summed E-state index contributed by atoms with van der Waals surface area (Å²) >= 11 is 0. The molecule has 0 saturated carbocycles. The topological polar surface area (TPSA) is 59.3 Å². The summed E-state index contributed by atoms with van der Waals surface area (Å²) in [4.78, 5) is 0. The molecule has 0 aliphatic carbocycles. The van der Waals surface area contributed by atoms with Crippen molar-refractivity contribution in [3.8, 4) is 5.75 Å². The Morgan fingerprint density at radius 2 is 2.37 bits per heavy atom. The zero-order chi connectivity index (χ0) is 13.7. The van der Waals surface area contributed by atoms with Crippen LogP contribution in [0.15, 0.2) is 36.7 Å². The molecule has 0 bridgehead atoms. The minimum Gasteiger partial charge on any atom is -0.494 e. The first-order valence-electron chi connectivity index (χ1n) is 5.92. The third-order valence-electron chi connectivity index (χ3n) is 2.65. The van der Waals surface area contributed by atoms with Crippen LogP contribution in [0, 0.1) is 5.82 Å². The van der Waals surface area contributed by atoms with E-state index in [1.165, 1.54) is 19.2 Å². The van der Waals surface area contributed by atoms with E-state index in [0.29, 0.717) is 18.8 Å². The van der Waals surface area contributed by atoms with Gasteiger partial charge in [-0.3, -0.25) is 4.68 Å². The van der Waals surface area contributed by atoms with Gasteiger partial charge in [0.05, 0.1) is 19.8 Å². The maximum absolute atomic E-state index is 13.4. The van der Waals surface area contributed by atoms with Crippen molar-refractivity contribution >= 4 is 5.69 Å². The molecule has 1 heterocycles. The smallest absolute Gasteiger partial charge is 0.167 e. The Bertz CT molecular complexity index is 517. The first-order chi connectivity index (χ1) is 9.19. The van der Waals surface area contributed by atoms with Crippen molar-refractivity contribution in [2.75, 3.05) is 19.0 Å². The van der Waals surface area contributed by atoms with Gasteiger partial charge in [-0.05, 0) is 18.2 Å². The van der Waals surface area contributed by atoms with Crippen molar-refractivity contribution < 1.29 is 14.2 Å². The van der Waals surface area contributed by atoms with Crippen molar-refractivity contribution in [2.45, 2.75) is 12.6 Å². The molecule has 2 aromatic rings. The Morgan fingerprint density at radius 3 is 3.00 bits per heavy atom. The van der Waals surface area contributed by atoms with Crippen LogP contribution in [0.3, 0.4) is 0 Å². The number of hydrogen-bond acceptors (Lipinski definition) is 4. The Morgan fingerprint density at radius 1 is 1.53 bits per heavy atom. The van der Waals surface area contributed by atoms with Gasteiger partial charge in [0, 0.05) is 30.7 Å². The van der Waals surface area contributed by atoms with E-state index >= 15 is 0 Å². The Hall–Kier alpha value is -2.08. The number of anilines is 1. The average Bonchev–Trinajstić information content (AvgIpc) is 2.89. The number of rotatable bonds is 6. The molecule has 1 atom stereocenters. The van der Waals surface area contributed by atoms with Gasteiger partial charge in [-0.15, -0.1) is 0 Å². The third-order valence-corrected chi connectivity index (χ3v) is 2.65. The van der Waals surface area contributed by atoms with Gasteiger partial charge in [0.15, 0.2) is 11.6 Å². The molecule has 1 aromatic carbocycles. The third kappa shape index (κ3) is 3.69. The second-order valence-electron chi connectivity index (χ2n) is 4.11. The monoisotopic (exact) mass is 265 g/mol. The summed E-state index contributed by atoms with van der Waals surface area (Å²) < 4.78 is 19.9. The number of halogens is 1. The van der Waals surface area contributed by atoms with Gasteiger partial charge in [0.1, 0.15) is 0 Å². The average molecular weight is 265 g/mol. The van der Waals surface area contributed by atoms with Gasteiger partial charge in [-0.1, -0.05) is 0 Å². The van der Waals surface area contributed by atoms with Crippen molar-refractivity contribution in [3.05, 3.63) is 42.5 Å². The van der Waals surface area contributed by atoms with Crippen LogP contribution in [0.25, 0.3) is 0 Å². The van der Waals surface area contributed by atoms with Crippen LogP contribution in [0.1, 0.15) is 0 Å². The lowest BCUT2D eigenvalue weighted by Gasteiger charge is -2.13. The van der Waals surface area contributed by atoms with Gasteiger partial charge in [0.25, 0.3) is 0 Å². The molecule has 5 nitrogen and oxygen atoms in total. The van der Waals surface area contributed by atoms with Gasteiger partial charge in [0.2, 0.25) is 0 Å². The molecule has 0 aliphatic heterocycles. The minimum atomic E-state index is -0.606. The molecular formula is C13H16FN3O2. The van der Waals surface area contributed by atoms with Crippen LogP contribution in [0.2, 0.25) is 0 Å². The van der Waals surface area contributed by atoms with Crippen molar-refractivity contribution in [1.82, 2.24) is 9.78 Å². The van der Waals surface area contributed by atoms with Crippen LogP contribution in [0.5, 0.6) is 5.75 Å². The number of nitrogens with one attached hydrogen (secondary N) is 1. The van der Waals surface area contributed by atoms with E-state index in [1.807, 2.05) is 0 Å². The highest BCUT2D eigenvalue weighted by atomic mass is 19.1. The van der Waals surface area contributed by atoms with Crippen LogP contribution in [-0.4, -0.2) is 34.6 Å². The van der Waals surface area contributed by atoms with E-state index < -0.39 is 11.9 Å². The van der Waals surface area contributed by atoms with Crippen LogP contribution < -0.4 is 10.1 Å². The van der Waals surface area contributed by atoms with E-state index in [9.17, 15) is 9.50 Å². The second kappa shape index (κ2) is 6.19. The van der Waals surface area contributed by atoms with Crippen LogP contribution in [0.4, 0.5) is 10.1 Å². The van der Waals surface area contributed by atoms with Crippen molar-refractivity contribution in [2.24, 2.45) is 0 Å². The van der Waals surface area contributed by atoms with E-state index in [1.54, 1.807) is 29.2 Å². The Labute approximate surface area is 110 Å². The molecular weight excluding hydrogens is 249 g/mol. The molecule has 6 heteroatoms. The SMILES string of the molecule is COc1ccc(NCC(O)Cn2cccn2)cc1F. The number of nitrogens with zero attached hydrogens (tertiary/aromatic N) is 2. The number of hydrogen-bond donors (Lipinski definition) is 2. The highest BCUT2D eigenvalue weighted by Gasteiger charge is 2.07. The molecule has 0 fully saturated rings. The van der Waals surface area contributed by atoms with Crippen molar-refractivity contribution in [3.63, 3.8) is 0 Å². The summed E-state index contributed by atoms with van der Waals surface area (Å²) in [6, 6.07) is 6.36. The van der Waals surface area contributed by atoms with Gasteiger partial charge in [-0.2, -0.15) is 5.10 Å². The maximum Gasteiger partial charge on any atom is 0.167 e.